The van der Waals surface area contributed by atoms with Crippen LogP contribution in [0.4, 0.5) is 5.69 Å². The first kappa shape index (κ1) is 21.0. The smallest absolute Gasteiger partial charge is 0.211 e. The van der Waals surface area contributed by atoms with Crippen LogP contribution in [-0.4, -0.2) is 24.8 Å². The molecule has 0 aliphatic carbocycles. The van der Waals surface area contributed by atoms with Gasteiger partial charge < -0.3 is 17.0 Å². The number of hydrogen-bond acceptors (Lipinski definition) is 2. The predicted octanol–water partition coefficient (Wildman–Crippen LogP) is 2.60. The molecule has 0 radical (unpaired) electrons. The third kappa shape index (κ3) is 4.17. The second kappa shape index (κ2) is 9.69. The number of rotatable bonds is 6. The zero-order valence-corrected chi connectivity index (χ0v) is 18.9. The predicted molar refractivity (Wildman–Crippen MR) is 119 cm³/mol. The van der Waals surface area contributed by atoms with E-state index in [9.17, 15) is 0 Å². The van der Waals surface area contributed by atoms with Gasteiger partial charge in [0.15, 0.2) is 0 Å². The molecule has 0 spiro atoms. The molecule has 1 atom stereocenters. The van der Waals surface area contributed by atoms with Gasteiger partial charge in [-0.3, -0.25) is 0 Å². The highest BCUT2D eigenvalue weighted by molar-refractivity contribution is 7.81. The summed E-state index contributed by atoms with van der Waals surface area (Å²) in [5.74, 6) is 0. The Labute approximate surface area is 180 Å². The Bertz CT molecular complexity index is 838. The van der Waals surface area contributed by atoms with Crippen LogP contribution in [0.15, 0.2) is 91.0 Å². The quantitative estimate of drug-likeness (QED) is 0.528. The van der Waals surface area contributed by atoms with Crippen molar-refractivity contribution >= 4 is 18.6 Å². The summed E-state index contributed by atoms with van der Waals surface area (Å²) < 4.78 is 5.39. The van der Waals surface area contributed by atoms with Gasteiger partial charge >= 0.3 is 0 Å². The molecule has 1 unspecified atom stereocenters. The Morgan fingerprint density at radius 3 is 1.82 bits per heavy atom. The zero-order chi connectivity index (χ0) is 18.5. The Hall–Kier alpha value is -1.67. The van der Waals surface area contributed by atoms with Crippen LogP contribution in [0.5, 0.6) is 0 Å². The van der Waals surface area contributed by atoms with Gasteiger partial charge in [-0.25, -0.2) is 4.67 Å². The van der Waals surface area contributed by atoms with Crippen molar-refractivity contribution in [3.05, 3.63) is 96.6 Å². The maximum atomic E-state index is 2.79. The Morgan fingerprint density at radius 1 is 0.750 bits per heavy atom. The molecule has 0 saturated carbocycles. The first-order chi connectivity index (χ1) is 13.3. The molecule has 0 aromatic heterocycles. The van der Waals surface area contributed by atoms with Crippen LogP contribution in [0.1, 0.15) is 18.4 Å². The van der Waals surface area contributed by atoms with Gasteiger partial charge in [0.05, 0.1) is 5.69 Å². The van der Waals surface area contributed by atoms with Gasteiger partial charge in [0.2, 0.25) is 7.56 Å². The van der Waals surface area contributed by atoms with Crippen molar-refractivity contribution in [1.29, 1.82) is 0 Å². The number of hydrogen-bond donors (Lipinski definition) is 0. The minimum atomic E-state index is -1.76. The molecule has 4 heteroatoms. The standard InChI is InChI=1S/C24H28N2P.BrH/c1-25(23-15-7-3-8-16-23)27(26-19-11-12-20-26,24-17-9-4-10-18-24)21-22-13-5-2-6-14-22;/h2-10,13-18H,11-12,19-21H2,1H3;1H/q+1;/p-1. The summed E-state index contributed by atoms with van der Waals surface area (Å²) in [5.41, 5.74) is 2.72. The maximum absolute atomic E-state index is 2.79. The molecule has 3 aromatic carbocycles. The number of para-hydroxylation sites is 1. The Morgan fingerprint density at radius 2 is 1.25 bits per heavy atom. The lowest BCUT2D eigenvalue weighted by Gasteiger charge is -2.41. The number of nitrogens with zero attached hydrogens (tertiary/aromatic N) is 2. The monoisotopic (exact) mass is 454 g/mol. The average molecular weight is 455 g/mol. The lowest BCUT2D eigenvalue weighted by Crippen LogP contribution is -3.00. The third-order valence-corrected chi connectivity index (χ3v) is 10.1. The summed E-state index contributed by atoms with van der Waals surface area (Å²) >= 11 is 0. The van der Waals surface area contributed by atoms with Gasteiger partial charge in [0.25, 0.3) is 0 Å². The minimum Gasteiger partial charge on any atom is -1.00 e. The van der Waals surface area contributed by atoms with Crippen molar-refractivity contribution in [3.63, 3.8) is 0 Å². The molecule has 0 bridgehead atoms. The SMILES string of the molecule is CN(c1ccccc1)[P+](Cc1ccccc1)(c1ccccc1)N1CCCC1.[Br-]. The highest BCUT2D eigenvalue weighted by atomic mass is 79.9. The molecule has 0 N–H and O–H groups in total. The molecule has 2 nitrogen and oxygen atoms in total. The van der Waals surface area contributed by atoms with E-state index in [1.165, 1.54) is 42.5 Å². The van der Waals surface area contributed by atoms with E-state index < -0.39 is 7.56 Å². The van der Waals surface area contributed by atoms with E-state index >= 15 is 0 Å². The van der Waals surface area contributed by atoms with Crippen molar-refractivity contribution in [2.24, 2.45) is 0 Å². The molecule has 1 saturated heterocycles. The van der Waals surface area contributed by atoms with Crippen molar-refractivity contribution in [2.75, 3.05) is 24.8 Å². The van der Waals surface area contributed by atoms with Gasteiger partial charge in [0, 0.05) is 20.1 Å². The van der Waals surface area contributed by atoms with Crippen LogP contribution in [-0.2, 0) is 6.16 Å². The van der Waals surface area contributed by atoms with E-state index in [4.69, 9.17) is 0 Å². The normalized spacial score (nSPS) is 16.2. The van der Waals surface area contributed by atoms with E-state index in [1.54, 1.807) is 0 Å². The van der Waals surface area contributed by atoms with E-state index in [0.29, 0.717) is 0 Å². The Kier molecular flexibility index (Phi) is 7.29. The van der Waals surface area contributed by atoms with Gasteiger partial charge in [0.1, 0.15) is 11.5 Å². The van der Waals surface area contributed by atoms with Gasteiger partial charge in [-0.2, -0.15) is 4.67 Å². The largest absolute Gasteiger partial charge is 1.00 e. The summed E-state index contributed by atoms with van der Waals surface area (Å²) in [7, 11) is 0.539. The molecule has 4 rings (SSSR count). The average Bonchev–Trinajstić information content (AvgIpc) is 3.29. The summed E-state index contributed by atoms with van der Waals surface area (Å²) in [6.07, 6.45) is 3.67. The van der Waals surface area contributed by atoms with Gasteiger partial charge in [-0.15, -0.1) is 0 Å². The summed E-state index contributed by atoms with van der Waals surface area (Å²) in [6, 6.07) is 33.1. The molecule has 3 aromatic rings. The summed E-state index contributed by atoms with van der Waals surface area (Å²) in [6.45, 7) is 2.37. The van der Waals surface area contributed by atoms with Crippen LogP contribution in [0.3, 0.4) is 0 Å². The van der Waals surface area contributed by atoms with Crippen molar-refractivity contribution in [2.45, 2.75) is 19.0 Å². The zero-order valence-electron chi connectivity index (χ0n) is 16.4. The van der Waals surface area contributed by atoms with E-state index in [-0.39, 0.29) is 17.0 Å². The fourth-order valence-corrected chi connectivity index (χ4v) is 8.67. The molecule has 28 heavy (non-hydrogen) atoms. The highest BCUT2D eigenvalue weighted by Gasteiger charge is 2.52. The lowest BCUT2D eigenvalue weighted by atomic mass is 10.2. The van der Waals surface area contributed by atoms with Crippen molar-refractivity contribution in [1.82, 2.24) is 4.67 Å². The maximum Gasteiger partial charge on any atom is 0.211 e. The highest BCUT2D eigenvalue weighted by Crippen LogP contribution is 2.67. The molecule has 1 aliphatic rings. The molecular formula is C24H28BrN2P. The molecule has 0 amide bonds. The molecule has 146 valence electrons. The van der Waals surface area contributed by atoms with E-state index in [1.807, 2.05) is 0 Å². The second-order valence-electron chi connectivity index (χ2n) is 7.23. The molecule has 1 fully saturated rings. The number of anilines is 1. The fourth-order valence-electron chi connectivity index (χ4n) is 4.19. The van der Waals surface area contributed by atoms with Gasteiger partial charge in [-0.1, -0.05) is 66.7 Å². The number of halogens is 1. The van der Waals surface area contributed by atoms with Crippen LogP contribution < -0.4 is 27.0 Å². The molecule has 1 aliphatic heterocycles. The van der Waals surface area contributed by atoms with E-state index in [0.717, 1.165) is 6.16 Å². The van der Waals surface area contributed by atoms with Crippen molar-refractivity contribution in [3.8, 4) is 0 Å². The number of benzene rings is 3. The first-order valence-electron chi connectivity index (χ1n) is 9.83. The fraction of sp³-hybridized carbons (Fsp3) is 0.250. The van der Waals surface area contributed by atoms with Crippen molar-refractivity contribution < 1.29 is 17.0 Å². The molecular weight excluding hydrogens is 427 g/mol. The van der Waals surface area contributed by atoms with Crippen LogP contribution >= 0.6 is 7.56 Å². The molecule has 1 heterocycles. The second-order valence-corrected chi connectivity index (χ2v) is 10.7. The minimum absolute atomic E-state index is 0. The first-order valence-corrected chi connectivity index (χ1v) is 11.7. The summed E-state index contributed by atoms with van der Waals surface area (Å²) in [5, 5.41) is 1.47. The van der Waals surface area contributed by atoms with Crippen LogP contribution in [0.2, 0.25) is 0 Å². The summed E-state index contributed by atoms with van der Waals surface area (Å²) in [4.78, 5) is 0. The topological polar surface area (TPSA) is 6.48 Å². The Balaban J connectivity index is 0.00000225. The van der Waals surface area contributed by atoms with Crippen LogP contribution in [0, 0.1) is 0 Å². The third-order valence-electron chi connectivity index (χ3n) is 5.59. The van der Waals surface area contributed by atoms with Gasteiger partial charge in [-0.05, 0) is 42.7 Å². The van der Waals surface area contributed by atoms with Crippen LogP contribution in [0.25, 0.3) is 0 Å². The lowest BCUT2D eigenvalue weighted by molar-refractivity contribution is -0.00000547. The van der Waals surface area contributed by atoms with E-state index in [2.05, 4.69) is 107 Å².